The summed E-state index contributed by atoms with van der Waals surface area (Å²) in [7, 11) is 0. The number of halogens is 4. The molecule has 1 aromatic rings. The standard InChI is InChI=1S/C19H24F2N4O2.2ClH/c20-19(21)11-15(22-13-19)18(27)24-9-7-23(8-10-24)12-17(26)25-6-5-14-3-1-2-4-16(14)25;;/h1-4,15,22H,5-13H2;2*1H. The molecular weight excluding hydrogens is 425 g/mol. The summed E-state index contributed by atoms with van der Waals surface area (Å²) in [5.41, 5.74) is 2.19. The molecule has 0 aliphatic carbocycles. The van der Waals surface area contributed by atoms with Crippen LogP contribution in [0.2, 0.25) is 0 Å². The van der Waals surface area contributed by atoms with Crippen LogP contribution < -0.4 is 10.2 Å². The summed E-state index contributed by atoms with van der Waals surface area (Å²) in [6.45, 7) is 2.68. The molecule has 162 valence electrons. The summed E-state index contributed by atoms with van der Waals surface area (Å²) >= 11 is 0. The van der Waals surface area contributed by atoms with Gasteiger partial charge in [-0.2, -0.15) is 0 Å². The van der Waals surface area contributed by atoms with Crippen LogP contribution in [-0.2, 0) is 16.0 Å². The molecule has 3 aliphatic rings. The second-order valence-corrected chi connectivity index (χ2v) is 7.52. The first-order chi connectivity index (χ1) is 12.9. The summed E-state index contributed by atoms with van der Waals surface area (Å²) in [4.78, 5) is 30.6. The first-order valence-corrected chi connectivity index (χ1v) is 9.44. The van der Waals surface area contributed by atoms with E-state index in [-0.39, 0.29) is 36.6 Å². The van der Waals surface area contributed by atoms with Crippen LogP contribution in [0.1, 0.15) is 12.0 Å². The van der Waals surface area contributed by atoms with Crippen LogP contribution in [0.5, 0.6) is 0 Å². The molecule has 4 rings (SSSR count). The summed E-state index contributed by atoms with van der Waals surface area (Å²) in [6.07, 6.45) is 0.447. The molecule has 2 amide bonds. The topological polar surface area (TPSA) is 55.9 Å². The lowest BCUT2D eigenvalue weighted by molar-refractivity contribution is -0.135. The van der Waals surface area contributed by atoms with Gasteiger partial charge in [-0.1, -0.05) is 18.2 Å². The number of benzene rings is 1. The normalized spacial score (nSPS) is 23.2. The van der Waals surface area contributed by atoms with Crippen molar-refractivity contribution in [1.82, 2.24) is 15.1 Å². The van der Waals surface area contributed by atoms with Crippen molar-refractivity contribution < 1.29 is 18.4 Å². The minimum atomic E-state index is -2.80. The average Bonchev–Trinajstić information content (AvgIpc) is 3.25. The molecule has 2 saturated heterocycles. The van der Waals surface area contributed by atoms with Crippen molar-refractivity contribution in [3.05, 3.63) is 29.8 Å². The predicted octanol–water partition coefficient (Wildman–Crippen LogP) is 1.56. The highest BCUT2D eigenvalue weighted by Crippen LogP contribution is 2.28. The maximum absolute atomic E-state index is 13.3. The Morgan fingerprint density at radius 2 is 1.76 bits per heavy atom. The molecule has 0 saturated carbocycles. The number of hydrogen-bond donors (Lipinski definition) is 1. The van der Waals surface area contributed by atoms with E-state index >= 15 is 0 Å². The van der Waals surface area contributed by atoms with Gasteiger partial charge in [-0.15, -0.1) is 24.8 Å². The Morgan fingerprint density at radius 3 is 2.41 bits per heavy atom. The summed E-state index contributed by atoms with van der Waals surface area (Å²) in [5.74, 6) is -3.00. The zero-order valence-electron chi connectivity index (χ0n) is 16.0. The number of nitrogens with zero attached hydrogens (tertiary/aromatic N) is 3. The number of amides is 2. The van der Waals surface area contributed by atoms with Gasteiger partial charge in [0, 0.05) is 44.8 Å². The molecule has 3 aliphatic heterocycles. The number of hydrogen-bond acceptors (Lipinski definition) is 4. The van der Waals surface area contributed by atoms with Gasteiger partial charge in [-0.25, -0.2) is 8.78 Å². The highest BCUT2D eigenvalue weighted by atomic mass is 35.5. The van der Waals surface area contributed by atoms with Crippen molar-refractivity contribution in [3.63, 3.8) is 0 Å². The lowest BCUT2D eigenvalue weighted by atomic mass is 10.1. The molecule has 1 unspecified atom stereocenters. The summed E-state index contributed by atoms with van der Waals surface area (Å²) in [6, 6.07) is 7.15. The second kappa shape index (κ2) is 9.55. The van der Waals surface area contributed by atoms with Gasteiger partial charge >= 0.3 is 0 Å². The Kier molecular flexibility index (Phi) is 7.84. The van der Waals surface area contributed by atoms with Crippen LogP contribution in [-0.4, -0.2) is 79.4 Å². The van der Waals surface area contributed by atoms with Crippen LogP contribution in [0, 0.1) is 0 Å². The van der Waals surface area contributed by atoms with Crippen molar-refractivity contribution in [2.45, 2.75) is 24.8 Å². The van der Waals surface area contributed by atoms with E-state index in [0.29, 0.717) is 39.3 Å². The summed E-state index contributed by atoms with van der Waals surface area (Å²) in [5, 5.41) is 2.62. The van der Waals surface area contributed by atoms with Gasteiger partial charge in [0.25, 0.3) is 5.92 Å². The van der Waals surface area contributed by atoms with Gasteiger partial charge in [-0.3, -0.25) is 19.8 Å². The maximum Gasteiger partial charge on any atom is 0.262 e. The molecule has 1 N–H and O–H groups in total. The molecule has 29 heavy (non-hydrogen) atoms. The van der Waals surface area contributed by atoms with Crippen molar-refractivity contribution >= 4 is 42.3 Å². The smallest absolute Gasteiger partial charge is 0.262 e. The average molecular weight is 451 g/mol. The van der Waals surface area contributed by atoms with Crippen molar-refractivity contribution in [2.75, 3.05) is 50.7 Å². The first kappa shape index (κ1) is 23.8. The lowest BCUT2D eigenvalue weighted by Crippen LogP contribution is -2.54. The number of alkyl halides is 2. The molecule has 6 nitrogen and oxygen atoms in total. The van der Waals surface area contributed by atoms with Crippen LogP contribution in [0.25, 0.3) is 0 Å². The number of para-hydroxylation sites is 1. The number of carbonyl (C=O) groups is 2. The van der Waals surface area contributed by atoms with Crippen molar-refractivity contribution in [3.8, 4) is 0 Å². The molecule has 1 atom stereocenters. The van der Waals surface area contributed by atoms with Crippen LogP contribution >= 0.6 is 24.8 Å². The zero-order valence-corrected chi connectivity index (χ0v) is 17.6. The third-order valence-corrected chi connectivity index (χ3v) is 5.64. The van der Waals surface area contributed by atoms with E-state index in [0.717, 1.165) is 12.1 Å². The quantitative estimate of drug-likeness (QED) is 0.758. The third kappa shape index (κ3) is 5.17. The van der Waals surface area contributed by atoms with Crippen LogP contribution in [0.15, 0.2) is 24.3 Å². The molecule has 0 radical (unpaired) electrons. The highest BCUT2D eigenvalue weighted by molar-refractivity contribution is 5.96. The first-order valence-electron chi connectivity index (χ1n) is 9.44. The Bertz CT molecular complexity index is 745. The number of rotatable bonds is 3. The molecule has 1 aromatic carbocycles. The van der Waals surface area contributed by atoms with E-state index in [4.69, 9.17) is 0 Å². The van der Waals surface area contributed by atoms with Gasteiger partial charge in [0.15, 0.2) is 0 Å². The van der Waals surface area contributed by atoms with Gasteiger partial charge < -0.3 is 9.80 Å². The monoisotopic (exact) mass is 450 g/mol. The molecule has 0 bridgehead atoms. The molecule has 0 aromatic heterocycles. The fourth-order valence-electron chi connectivity index (χ4n) is 4.11. The van der Waals surface area contributed by atoms with Crippen LogP contribution in [0.4, 0.5) is 14.5 Å². The van der Waals surface area contributed by atoms with Crippen LogP contribution in [0.3, 0.4) is 0 Å². The lowest BCUT2D eigenvalue weighted by Gasteiger charge is -2.36. The highest BCUT2D eigenvalue weighted by Gasteiger charge is 2.43. The zero-order chi connectivity index (χ0) is 19.0. The summed E-state index contributed by atoms with van der Waals surface area (Å²) < 4.78 is 26.6. The Balaban J connectivity index is 0.00000150. The minimum absolute atomic E-state index is 0. The Labute approximate surface area is 181 Å². The van der Waals surface area contributed by atoms with E-state index in [1.165, 1.54) is 5.56 Å². The third-order valence-electron chi connectivity index (χ3n) is 5.64. The maximum atomic E-state index is 13.3. The number of carbonyl (C=O) groups excluding carboxylic acids is 2. The molecule has 10 heteroatoms. The number of nitrogens with one attached hydrogen (secondary N) is 1. The van der Waals surface area contributed by atoms with E-state index < -0.39 is 24.9 Å². The van der Waals surface area contributed by atoms with Gasteiger partial charge in [0.2, 0.25) is 11.8 Å². The number of anilines is 1. The largest absolute Gasteiger partial charge is 0.339 e. The number of piperazine rings is 1. The van der Waals surface area contributed by atoms with Gasteiger partial charge in [0.05, 0.1) is 19.1 Å². The fourth-order valence-corrected chi connectivity index (χ4v) is 4.11. The van der Waals surface area contributed by atoms with Crippen molar-refractivity contribution in [2.24, 2.45) is 0 Å². The van der Waals surface area contributed by atoms with E-state index in [1.807, 2.05) is 34.1 Å². The minimum Gasteiger partial charge on any atom is -0.339 e. The Morgan fingerprint density at radius 1 is 1.07 bits per heavy atom. The molecule has 0 spiro atoms. The predicted molar refractivity (Wildman–Crippen MR) is 111 cm³/mol. The van der Waals surface area contributed by atoms with E-state index in [9.17, 15) is 18.4 Å². The van der Waals surface area contributed by atoms with E-state index in [1.54, 1.807) is 4.90 Å². The molecular formula is C19H26Cl2F2N4O2. The van der Waals surface area contributed by atoms with Gasteiger partial charge in [-0.05, 0) is 18.1 Å². The molecule has 2 fully saturated rings. The van der Waals surface area contributed by atoms with Gasteiger partial charge in [0.1, 0.15) is 0 Å². The SMILES string of the molecule is Cl.Cl.O=C(C1CC(F)(F)CN1)N1CCN(CC(=O)N2CCc3ccccc32)CC1. The van der Waals surface area contributed by atoms with Crippen molar-refractivity contribution in [1.29, 1.82) is 0 Å². The Hall–Kier alpha value is -1.48. The second-order valence-electron chi connectivity index (χ2n) is 7.52. The molecule has 3 heterocycles. The number of fused-ring (bicyclic) bond motifs is 1. The fraction of sp³-hybridized carbons (Fsp3) is 0.579. The van der Waals surface area contributed by atoms with E-state index in [2.05, 4.69) is 5.32 Å².